The largest absolute Gasteiger partial charge is 0.493 e. The summed E-state index contributed by atoms with van der Waals surface area (Å²) in [6, 6.07) is 11.2. The quantitative estimate of drug-likeness (QED) is 0.262. The van der Waals surface area contributed by atoms with Gasteiger partial charge >= 0.3 is 6.09 Å². The van der Waals surface area contributed by atoms with Crippen molar-refractivity contribution in [3.8, 4) is 11.5 Å². The van der Waals surface area contributed by atoms with Gasteiger partial charge in [-0.15, -0.1) is 0 Å². The van der Waals surface area contributed by atoms with Crippen LogP contribution in [0, 0.1) is 5.82 Å². The summed E-state index contributed by atoms with van der Waals surface area (Å²) in [6.45, 7) is 3.43. The molecule has 14 heteroatoms. The van der Waals surface area contributed by atoms with Crippen molar-refractivity contribution in [2.24, 2.45) is 5.73 Å². The van der Waals surface area contributed by atoms with Gasteiger partial charge in [-0.05, 0) is 86.3 Å². The molecule has 0 radical (unpaired) electrons. The lowest BCUT2D eigenvalue weighted by Crippen LogP contribution is -2.38. The van der Waals surface area contributed by atoms with Crippen LogP contribution in [-0.2, 0) is 19.4 Å². The van der Waals surface area contributed by atoms with Gasteiger partial charge in [-0.2, -0.15) is 0 Å². The molecular formula is C32H37FN4O8S. The molecule has 0 saturated carbocycles. The lowest BCUT2D eigenvalue weighted by molar-refractivity contribution is -0.133. The maximum Gasteiger partial charge on any atom is 0.411 e. The van der Waals surface area contributed by atoms with Crippen molar-refractivity contribution in [1.82, 2.24) is 4.90 Å². The zero-order chi connectivity index (χ0) is 33.8. The summed E-state index contributed by atoms with van der Waals surface area (Å²) in [4.78, 5) is 40.0. The van der Waals surface area contributed by atoms with Gasteiger partial charge in [0.2, 0.25) is 5.91 Å². The van der Waals surface area contributed by atoms with Crippen molar-refractivity contribution in [3.63, 3.8) is 0 Å². The summed E-state index contributed by atoms with van der Waals surface area (Å²) in [5, 5.41) is 4.92. The number of amides is 3. The molecule has 0 unspecified atom stereocenters. The number of halogens is 1. The van der Waals surface area contributed by atoms with E-state index in [1.54, 1.807) is 43.0 Å². The highest BCUT2D eigenvalue weighted by Gasteiger charge is 2.38. The van der Waals surface area contributed by atoms with Crippen molar-refractivity contribution < 1.29 is 41.4 Å². The third-order valence-corrected chi connectivity index (χ3v) is 10.0. The predicted molar refractivity (Wildman–Crippen MR) is 169 cm³/mol. The van der Waals surface area contributed by atoms with E-state index in [9.17, 15) is 27.2 Å². The number of nitrogens with zero attached hydrogens (tertiary/aromatic N) is 1. The van der Waals surface area contributed by atoms with Crippen LogP contribution >= 0.6 is 0 Å². The van der Waals surface area contributed by atoms with Gasteiger partial charge in [-0.25, -0.2) is 17.6 Å². The molecule has 1 fully saturated rings. The van der Waals surface area contributed by atoms with E-state index in [1.807, 2.05) is 0 Å². The highest BCUT2D eigenvalue weighted by Crippen LogP contribution is 2.41. The predicted octanol–water partition coefficient (Wildman–Crippen LogP) is 4.82. The van der Waals surface area contributed by atoms with E-state index in [4.69, 9.17) is 19.9 Å². The van der Waals surface area contributed by atoms with E-state index in [2.05, 4.69) is 10.6 Å². The van der Waals surface area contributed by atoms with Crippen molar-refractivity contribution in [2.45, 2.75) is 48.9 Å². The number of nitrogens with two attached hydrogens (primary N) is 1. The molecule has 1 aliphatic rings. The molecule has 3 aromatic rings. The molecule has 0 spiro atoms. The number of likely N-dealkylation sites (tertiary alicyclic amines) is 1. The zero-order valence-corrected chi connectivity index (χ0v) is 26.9. The monoisotopic (exact) mass is 656 g/mol. The van der Waals surface area contributed by atoms with Gasteiger partial charge in [0.1, 0.15) is 11.9 Å². The van der Waals surface area contributed by atoms with Crippen LogP contribution in [-0.4, -0.2) is 64.3 Å². The molecule has 1 saturated heterocycles. The highest BCUT2D eigenvalue weighted by atomic mass is 32.2. The van der Waals surface area contributed by atoms with Gasteiger partial charge in [0, 0.05) is 17.9 Å². The lowest BCUT2D eigenvalue weighted by Gasteiger charge is -2.32. The normalized spacial score (nSPS) is 15.3. The van der Waals surface area contributed by atoms with Crippen molar-refractivity contribution in [3.05, 3.63) is 77.1 Å². The third-order valence-electron chi connectivity index (χ3n) is 7.79. The first-order valence-corrected chi connectivity index (χ1v) is 16.0. The molecular weight excluding hydrogens is 619 g/mol. The van der Waals surface area contributed by atoms with Gasteiger partial charge in [-0.3, -0.25) is 14.9 Å². The number of methoxy groups -OCH3 is 3. The van der Waals surface area contributed by atoms with Crippen LogP contribution < -0.4 is 25.8 Å². The van der Waals surface area contributed by atoms with Crippen molar-refractivity contribution in [1.29, 1.82) is 0 Å². The second-order valence-corrected chi connectivity index (χ2v) is 13.4. The number of benzene rings is 3. The van der Waals surface area contributed by atoms with E-state index in [1.165, 1.54) is 45.6 Å². The molecule has 3 amide bonds. The van der Waals surface area contributed by atoms with Crippen molar-refractivity contribution >= 4 is 39.1 Å². The van der Waals surface area contributed by atoms with Crippen LogP contribution in [0.1, 0.15) is 60.3 Å². The minimum Gasteiger partial charge on any atom is -0.493 e. The van der Waals surface area contributed by atoms with E-state index in [0.717, 1.165) is 6.07 Å². The Hall–Kier alpha value is -4.85. The van der Waals surface area contributed by atoms with Crippen molar-refractivity contribution in [2.75, 3.05) is 38.5 Å². The third kappa shape index (κ3) is 7.01. The number of carbonyl (C=O) groups excluding carboxylic acids is 3. The molecule has 0 aromatic heterocycles. The summed E-state index contributed by atoms with van der Waals surface area (Å²) in [6.07, 6.45) is 0.264. The molecule has 12 nitrogen and oxygen atoms in total. The molecule has 246 valence electrons. The second-order valence-electron chi connectivity index (χ2n) is 10.9. The Morgan fingerprint density at radius 3 is 2.28 bits per heavy atom. The maximum atomic E-state index is 14.6. The van der Waals surface area contributed by atoms with Gasteiger partial charge in [-0.1, -0.05) is 6.07 Å². The summed E-state index contributed by atoms with van der Waals surface area (Å²) in [7, 11) is 0.329. The van der Waals surface area contributed by atoms with Gasteiger partial charge < -0.3 is 30.2 Å². The van der Waals surface area contributed by atoms with Gasteiger partial charge in [0.15, 0.2) is 21.3 Å². The summed E-state index contributed by atoms with van der Waals surface area (Å²) >= 11 is 0. The van der Waals surface area contributed by atoms with Crippen LogP contribution in [0.15, 0.2) is 59.5 Å². The summed E-state index contributed by atoms with van der Waals surface area (Å²) < 4.78 is 56.8. The number of anilines is 2. The lowest BCUT2D eigenvalue weighted by atomic mass is 10.0. The number of nitrogens with one attached hydrogen (secondary N) is 2. The van der Waals surface area contributed by atoms with Crippen LogP contribution in [0.4, 0.5) is 20.6 Å². The van der Waals surface area contributed by atoms with Gasteiger partial charge in [0.05, 0.1) is 43.1 Å². The number of carbonyl (C=O) groups is 3. The Balaban J connectivity index is 1.84. The number of hydrogen-bond donors (Lipinski definition) is 3. The first-order valence-electron chi connectivity index (χ1n) is 14.4. The fourth-order valence-corrected chi connectivity index (χ4v) is 6.67. The molecule has 1 heterocycles. The van der Waals surface area contributed by atoms with Gasteiger partial charge in [0.25, 0.3) is 5.91 Å². The molecule has 1 aliphatic heterocycles. The van der Waals surface area contributed by atoms with Crippen LogP contribution in [0.5, 0.6) is 11.5 Å². The topological polar surface area (TPSA) is 166 Å². The summed E-state index contributed by atoms with van der Waals surface area (Å²) in [5.74, 6) is -1.45. The first kappa shape index (κ1) is 34.0. The Morgan fingerprint density at radius 2 is 1.65 bits per heavy atom. The minimum atomic E-state index is -3.81. The number of hydrogen-bond acceptors (Lipinski definition) is 9. The average molecular weight is 657 g/mol. The molecule has 46 heavy (non-hydrogen) atoms. The van der Waals surface area contributed by atoms with Crippen LogP contribution in [0.3, 0.4) is 0 Å². The SMILES string of the molecule is COC(=O)Nc1ccc(S(=O)(=O)C(C)C)c([C@H]2CCCN2C(=O)[C@H](Nc2ccc(F)c(C(N)=O)c2)c2ccc(OC)c(OC)c2)c1. The molecule has 3 aromatic carbocycles. The molecule has 4 rings (SSSR count). The number of ether oxygens (including phenoxy) is 3. The average Bonchev–Trinajstić information content (AvgIpc) is 3.53. The molecule has 2 atom stereocenters. The fraction of sp³-hybridized carbons (Fsp3) is 0.344. The Kier molecular flexibility index (Phi) is 10.4. The molecule has 4 N–H and O–H groups in total. The number of primary amides is 1. The highest BCUT2D eigenvalue weighted by molar-refractivity contribution is 7.92. The zero-order valence-electron chi connectivity index (χ0n) is 26.1. The molecule has 0 aliphatic carbocycles. The number of rotatable bonds is 11. The standard InChI is InChI=1S/C32H37FN4O8S/c1-18(2)46(41,42)28-13-10-21(36-32(40)45-5)17-23(28)25-7-6-14-37(25)31(39)29(19-8-12-26(43-3)27(15-19)44-4)35-20-9-11-24(33)22(16-20)30(34)38/h8-13,15-18,25,29,35H,6-7,14H2,1-5H3,(H2,34,38)(H,36,40)/t25-,29-/m1/s1. The van der Waals surface area contributed by atoms with E-state index < -0.39 is 50.9 Å². The molecule has 0 bridgehead atoms. The van der Waals surface area contributed by atoms with Crippen LogP contribution in [0.2, 0.25) is 0 Å². The van der Waals surface area contributed by atoms with Crippen LogP contribution in [0.25, 0.3) is 0 Å². The Bertz CT molecular complexity index is 1750. The maximum absolute atomic E-state index is 14.6. The number of sulfone groups is 1. The van der Waals surface area contributed by atoms with E-state index >= 15 is 0 Å². The van der Waals surface area contributed by atoms with E-state index in [-0.39, 0.29) is 16.1 Å². The second kappa shape index (κ2) is 14.1. The Labute approximate surface area is 266 Å². The summed E-state index contributed by atoms with van der Waals surface area (Å²) in [5.41, 5.74) is 6.34. The Morgan fingerprint density at radius 1 is 0.957 bits per heavy atom. The minimum absolute atomic E-state index is 0.0443. The smallest absolute Gasteiger partial charge is 0.411 e. The fourth-order valence-electron chi connectivity index (χ4n) is 5.38. The first-order chi connectivity index (χ1) is 21.8. The van der Waals surface area contributed by atoms with E-state index in [0.29, 0.717) is 47.7 Å².